The van der Waals surface area contributed by atoms with Gasteiger partial charge >= 0.3 is 5.69 Å². The zero-order valence-electron chi connectivity index (χ0n) is 9.75. The van der Waals surface area contributed by atoms with E-state index in [0.717, 1.165) is 18.5 Å². The van der Waals surface area contributed by atoms with Crippen molar-refractivity contribution in [1.82, 2.24) is 14.9 Å². The van der Waals surface area contributed by atoms with Gasteiger partial charge in [0.15, 0.2) is 0 Å². The van der Waals surface area contributed by atoms with Gasteiger partial charge in [0.2, 0.25) is 0 Å². The summed E-state index contributed by atoms with van der Waals surface area (Å²) in [5.74, 6) is 0. The number of rotatable bonds is 6. The number of nitrogens with one attached hydrogen (secondary N) is 2. The molecule has 0 bridgehead atoms. The molecule has 0 aliphatic rings. The van der Waals surface area contributed by atoms with E-state index in [1.807, 2.05) is 0 Å². The molecule has 17 heavy (non-hydrogen) atoms. The smallest absolute Gasteiger partial charge is 0.313 e. The Bertz CT molecular complexity index is 504. The average molecular weight is 258 g/mol. The van der Waals surface area contributed by atoms with Gasteiger partial charge in [0.05, 0.1) is 0 Å². The zero-order valence-corrected chi connectivity index (χ0v) is 10.5. The molecule has 0 spiro atoms. The maximum absolute atomic E-state index is 11.4. The minimum Gasteiger partial charge on any atom is -0.313 e. The maximum atomic E-state index is 11.4. The molecule has 0 saturated carbocycles. The number of nitrogens with zero attached hydrogens (tertiary/aromatic N) is 1. The van der Waals surface area contributed by atoms with Gasteiger partial charge in [0.25, 0.3) is 5.56 Å². The van der Waals surface area contributed by atoms with E-state index in [2.05, 4.69) is 23.8 Å². The van der Waals surface area contributed by atoms with Gasteiger partial charge in [-0.3, -0.25) is 14.3 Å². The Labute approximate surface area is 104 Å². The molecule has 0 unspecified atom stereocenters. The van der Waals surface area contributed by atoms with E-state index in [4.69, 9.17) is 11.6 Å². The van der Waals surface area contributed by atoms with Crippen molar-refractivity contribution in [1.29, 1.82) is 0 Å². The standard InChI is InChI=1S/C11H16ClN3O2/c1-3-4-13-5-8(2)6-15-7-9(12)10(16)14-11(15)17/h7,13H,2-6H2,1H3,(H,14,16,17). The predicted molar refractivity (Wildman–Crippen MR) is 68.6 cm³/mol. The molecule has 1 aromatic rings. The van der Waals surface area contributed by atoms with E-state index in [-0.39, 0.29) is 5.02 Å². The Morgan fingerprint density at radius 2 is 2.29 bits per heavy atom. The highest BCUT2D eigenvalue weighted by atomic mass is 35.5. The van der Waals surface area contributed by atoms with Crippen LogP contribution in [0.4, 0.5) is 0 Å². The van der Waals surface area contributed by atoms with Crippen molar-refractivity contribution in [3.63, 3.8) is 0 Å². The molecule has 0 aliphatic heterocycles. The summed E-state index contributed by atoms with van der Waals surface area (Å²) in [5, 5.41) is 3.18. The molecule has 1 aromatic heterocycles. The Balaban J connectivity index is 2.69. The van der Waals surface area contributed by atoms with Crippen LogP contribution in [0, 0.1) is 0 Å². The van der Waals surface area contributed by atoms with Crippen LogP contribution in [0.2, 0.25) is 5.02 Å². The van der Waals surface area contributed by atoms with Crippen molar-refractivity contribution in [3.05, 3.63) is 44.2 Å². The van der Waals surface area contributed by atoms with E-state index in [9.17, 15) is 9.59 Å². The van der Waals surface area contributed by atoms with Crippen LogP contribution >= 0.6 is 11.6 Å². The van der Waals surface area contributed by atoms with Crippen molar-refractivity contribution in [2.45, 2.75) is 19.9 Å². The molecule has 1 heterocycles. The Morgan fingerprint density at radius 3 is 2.94 bits per heavy atom. The molecule has 0 aliphatic carbocycles. The molecule has 6 heteroatoms. The summed E-state index contributed by atoms with van der Waals surface area (Å²) in [6, 6.07) is 0. The number of halogens is 1. The third-order valence-electron chi connectivity index (χ3n) is 2.16. The van der Waals surface area contributed by atoms with Gasteiger partial charge in [0, 0.05) is 19.3 Å². The summed E-state index contributed by atoms with van der Waals surface area (Å²) >= 11 is 5.65. The second-order valence-corrected chi connectivity index (χ2v) is 4.20. The first-order valence-electron chi connectivity index (χ1n) is 5.41. The van der Waals surface area contributed by atoms with Crippen molar-refractivity contribution in [2.75, 3.05) is 13.1 Å². The first kappa shape index (κ1) is 13.7. The van der Waals surface area contributed by atoms with Crippen molar-refractivity contribution in [3.8, 4) is 0 Å². The quantitative estimate of drug-likeness (QED) is 0.584. The van der Waals surface area contributed by atoms with E-state index in [0.29, 0.717) is 13.1 Å². The van der Waals surface area contributed by atoms with Crippen LogP contribution in [-0.2, 0) is 6.54 Å². The van der Waals surface area contributed by atoms with E-state index in [1.54, 1.807) is 0 Å². The average Bonchev–Trinajstić information content (AvgIpc) is 2.26. The summed E-state index contributed by atoms with van der Waals surface area (Å²) in [4.78, 5) is 24.6. The van der Waals surface area contributed by atoms with Crippen molar-refractivity contribution in [2.24, 2.45) is 0 Å². The molecule has 0 saturated heterocycles. The first-order chi connectivity index (χ1) is 8.04. The van der Waals surface area contributed by atoms with Gasteiger partial charge in [-0.1, -0.05) is 25.1 Å². The molecule has 0 radical (unpaired) electrons. The van der Waals surface area contributed by atoms with Crippen LogP contribution in [0.3, 0.4) is 0 Å². The lowest BCUT2D eigenvalue weighted by Crippen LogP contribution is -2.31. The lowest BCUT2D eigenvalue weighted by molar-refractivity contribution is 0.652. The molecule has 2 N–H and O–H groups in total. The molecule has 1 rings (SSSR count). The molecule has 0 aromatic carbocycles. The molecule has 0 amide bonds. The normalized spacial score (nSPS) is 10.5. The fraction of sp³-hybridized carbons (Fsp3) is 0.455. The third-order valence-corrected chi connectivity index (χ3v) is 2.43. The van der Waals surface area contributed by atoms with Gasteiger partial charge in [0.1, 0.15) is 5.02 Å². The number of hydrogen-bond acceptors (Lipinski definition) is 3. The number of hydrogen-bond donors (Lipinski definition) is 2. The molecule has 94 valence electrons. The molecule has 5 nitrogen and oxygen atoms in total. The fourth-order valence-electron chi connectivity index (χ4n) is 1.34. The third kappa shape index (κ3) is 4.20. The van der Waals surface area contributed by atoms with Crippen LogP contribution < -0.4 is 16.6 Å². The van der Waals surface area contributed by atoms with Crippen LogP contribution in [0.25, 0.3) is 0 Å². The topological polar surface area (TPSA) is 66.9 Å². The molecule has 0 atom stereocenters. The zero-order chi connectivity index (χ0) is 12.8. The van der Waals surface area contributed by atoms with Crippen molar-refractivity contribution < 1.29 is 0 Å². The summed E-state index contributed by atoms with van der Waals surface area (Å²) in [5.41, 5.74) is -0.192. The lowest BCUT2D eigenvalue weighted by atomic mass is 10.3. The van der Waals surface area contributed by atoms with Crippen LogP contribution in [0.15, 0.2) is 27.9 Å². The van der Waals surface area contributed by atoms with Gasteiger partial charge in [-0.15, -0.1) is 0 Å². The number of aromatic nitrogens is 2. The predicted octanol–water partition coefficient (Wildman–Crippen LogP) is 0.746. The van der Waals surface area contributed by atoms with Crippen LogP contribution in [0.5, 0.6) is 0 Å². The Kier molecular flexibility index (Phi) is 5.18. The van der Waals surface area contributed by atoms with Crippen LogP contribution in [0.1, 0.15) is 13.3 Å². The maximum Gasteiger partial charge on any atom is 0.328 e. The van der Waals surface area contributed by atoms with E-state index < -0.39 is 11.2 Å². The fourth-order valence-corrected chi connectivity index (χ4v) is 1.50. The largest absolute Gasteiger partial charge is 0.328 e. The highest BCUT2D eigenvalue weighted by Crippen LogP contribution is 1.98. The molecular weight excluding hydrogens is 242 g/mol. The minimum absolute atomic E-state index is 0.00100. The van der Waals surface area contributed by atoms with Gasteiger partial charge in [-0.25, -0.2) is 4.79 Å². The second-order valence-electron chi connectivity index (χ2n) is 3.79. The summed E-state index contributed by atoms with van der Waals surface area (Å²) < 4.78 is 1.33. The van der Waals surface area contributed by atoms with Gasteiger partial charge < -0.3 is 5.32 Å². The van der Waals surface area contributed by atoms with E-state index >= 15 is 0 Å². The number of aromatic amines is 1. The van der Waals surface area contributed by atoms with Crippen molar-refractivity contribution >= 4 is 11.6 Å². The second kappa shape index (κ2) is 6.42. The SMILES string of the molecule is C=C(CNCCC)Cn1cc(Cl)c(=O)[nH]c1=O. The number of H-pyrrole nitrogens is 1. The highest BCUT2D eigenvalue weighted by molar-refractivity contribution is 6.30. The summed E-state index contributed by atoms with van der Waals surface area (Å²) in [7, 11) is 0. The van der Waals surface area contributed by atoms with Gasteiger partial charge in [-0.2, -0.15) is 0 Å². The van der Waals surface area contributed by atoms with Gasteiger partial charge in [-0.05, 0) is 18.5 Å². The van der Waals surface area contributed by atoms with E-state index in [1.165, 1.54) is 10.8 Å². The lowest BCUT2D eigenvalue weighted by Gasteiger charge is -2.09. The highest BCUT2D eigenvalue weighted by Gasteiger charge is 2.03. The Morgan fingerprint density at radius 1 is 1.59 bits per heavy atom. The first-order valence-corrected chi connectivity index (χ1v) is 5.79. The monoisotopic (exact) mass is 257 g/mol. The summed E-state index contributed by atoms with van der Waals surface area (Å²) in [6.45, 7) is 7.81. The molecular formula is C11H16ClN3O2. The van der Waals surface area contributed by atoms with Crippen LogP contribution in [-0.4, -0.2) is 22.6 Å². The summed E-state index contributed by atoms with van der Waals surface area (Å²) in [6.07, 6.45) is 2.37. The molecule has 0 fully saturated rings. The minimum atomic E-state index is -0.567. The Hall–Kier alpha value is -1.33.